The first-order valence-electron chi connectivity index (χ1n) is 29.0. The van der Waals surface area contributed by atoms with E-state index in [2.05, 4.69) is 10.5 Å². The van der Waals surface area contributed by atoms with Crippen molar-refractivity contribution in [3.05, 3.63) is 45.7 Å². The molecule has 3 saturated heterocycles. The van der Waals surface area contributed by atoms with E-state index in [-0.39, 0.29) is 62.5 Å². The molecule has 6 N–H and O–H groups in total. The number of nitrogens with zero attached hydrogens (tertiary/aromatic N) is 3. The van der Waals surface area contributed by atoms with Gasteiger partial charge in [0, 0.05) is 69.1 Å². The van der Waals surface area contributed by atoms with Crippen molar-refractivity contribution < 1.29 is 87.4 Å². The lowest BCUT2D eigenvalue weighted by Gasteiger charge is -2.49. The number of aromatic nitrogens is 1. The van der Waals surface area contributed by atoms with Crippen molar-refractivity contribution in [2.24, 2.45) is 28.8 Å². The molecular weight excluding hydrogens is 1070 g/mol. The van der Waals surface area contributed by atoms with E-state index in [1.54, 1.807) is 66.0 Å². The van der Waals surface area contributed by atoms with Crippen molar-refractivity contribution in [2.45, 2.75) is 212 Å². The monoisotopic (exact) mass is 1160 g/mol. The highest BCUT2D eigenvalue weighted by molar-refractivity contribution is 5.92. The first-order chi connectivity index (χ1) is 38.6. The minimum Gasteiger partial charge on any atom is -0.477 e. The Balaban J connectivity index is 1.38. The molecular formula is C59H96N4O19. The third kappa shape index (κ3) is 16.8. The van der Waals surface area contributed by atoms with Crippen LogP contribution in [0.25, 0.3) is 10.9 Å². The molecule has 23 nitrogen and oxygen atoms in total. The molecule has 3 aliphatic rings. The molecule has 466 valence electrons. The van der Waals surface area contributed by atoms with E-state index in [0.29, 0.717) is 56.4 Å². The third-order valence-corrected chi connectivity index (χ3v) is 16.9. The predicted molar refractivity (Wildman–Crippen MR) is 303 cm³/mol. The summed E-state index contributed by atoms with van der Waals surface area (Å²) in [5, 5.41) is 66.7. The number of aliphatic hydroxyl groups excluding tert-OH is 2. The molecule has 0 aliphatic carbocycles. The number of pyridine rings is 1. The maximum Gasteiger partial charge on any atom is 0.341 e. The molecule has 18 atom stereocenters. The third-order valence-electron chi connectivity index (χ3n) is 16.9. The Morgan fingerprint density at radius 3 is 2.27 bits per heavy atom. The van der Waals surface area contributed by atoms with E-state index in [4.69, 9.17) is 47.5 Å². The normalized spacial score (nSPS) is 35.8. The van der Waals surface area contributed by atoms with Crippen LogP contribution < -0.4 is 10.7 Å². The van der Waals surface area contributed by atoms with Gasteiger partial charge in [0.15, 0.2) is 18.7 Å². The van der Waals surface area contributed by atoms with Crippen LogP contribution in [-0.2, 0) is 70.0 Å². The molecule has 4 heterocycles. The van der Waals surface area contributed by atoms with Crippen LogP contribution in [0, 0.1) is 23.7 Å². The lowest BCUT2D eigenvalue weighted by molar-refractivity contribution is -0.318. The van der Waals surface area contributed by atoms with Gasteiger partial charge in [-0.15, -0.1) is 0 Å². The number of fused-ring (bicyclic) bond motifs is 1. The van der Waals surface area contributed by atoms with Crippen molar-refractivity contribution in [3.63, 3.8) is 0 Å². The number of ether oxygens (including phenoxy) is 9. The number of carbonyl (C=O) groups is 3. The van der Waals surface area contributed by atoms with E-state index < -0.39 is 119 Å². The number of carboxylic acids is 1. The van der Waals surface area contributed by atoms with Gasteiger partial charge in [0.05, 0.1) is 72.9 Å². The Bertz CT molecular complexity index is 2490. The number of hydrogen-bond acceptors (Lipinski definition) is 21. The van der Waals surface area contributed by atoms with Gasteiger partial charge in [0.1, 0.15) is 29.0 Å². The summed E-state index contributed by atoms with van der Waals surface area (Å²) in [6.45, 7) is 20.4. The molecule has 2 aromatic rings. The van der Waals surface area contributed by atoms with Crippen LogP contribution in [0.3, 0.4) is 0 Å². The predicted octanol–water partition coefficient (Wildman–Crippen LogP) is 4.41. The van der Waals surface area contributed by atoms with Gasteiger partial charge < -0.3 is 87.8 Å². The fraction of sp³-hybridized carbons (Fsp3) is 0.780. The van der Waals surface area contributed by atoms with Crippen LogP contribution in [0.15, 0.2) is 34.3 Å². The van der Waals surface area contributed by atoms with E-state index >= 15 is 0 Å². The fourth-order valence-corrected chi connectivity index (χ4v) is 12.1. The zero-order chi connectivity index (χ0) is 61.0. The molecule has 82 heavy (non-hydrogen) atoms. The molecule has 0 saturated carbocycles. The Labute approximate surface area is 483 Å². The van der Waals surface area contributed by atoms with Crippen molar-refractivity contribution in [1.82, 2.24) is 14.8 Å². The summed E-state index contributed by atoms with van der Waals surface area (Å²) in [5.74, 6) is -6.25. The molecule has 0 radical (unpaired) electrons. The molecule has 3 aliphatic heterocycles. The smallest absolute Gasteiger partial charge is 0.341 e. The number of esters is 2. The van der Waals surface area contributed by atoms with Crippen molar-refractivity contribution in [3.8, 4) is 0 Å². The van der Waals surface area contributed by atoms with Gasteiger partial charge in [-0.05, 0) is 119 Å². The lowest BCUT2D eigenvalue weighted by atomic mass is 9.73. The van der Waals surface area contributed by atoms with Gasteiger partial charge in [-0.3, -0.25) is 14.4 Å². The summed E-state index contributed by atoms with van der Waals surface area (Å²) in [6, 6.07) is 5.12. The zero-order valence-electron chi connectivity index (χ0n) is 51.0. The minimum atomic E-state index is -2.03. The Morgan fingerprint density at radius 1 is 0.927 bits per heavy atom. The highest BCUT2D eigenvalue weighted by atomic mass is 16.7. The molecule has 0 bridgehead atoms. The number of cyclic esters (lactones) is 1. The lowest BCUT2D eigenvalue weighted by Crippen LogP contribution is -2.61. The second-order valence-corrected chi connectivity index (χ2v) is 23.6. The second kappa shape index (κ2) is 30.2. The number of oxime groups is 1. The molecule has 1 aromatic carbocycles. The van der Waals surface area contributed by atoms with E-state index in [1.165, 1.54) is 27.3 Å². The van der Waals surface area contributed by atoms with E-state index in [1.807, 2.05) is 45.0 Å². The van der Waals surface area contributed by atoms with Crippen molar-refractivity contribution >= 4 is 34.5 Å². The standard InChI is InChI=1S/C59H96N4O19/c1-16-44-59(11,72)51(67)35(5)47(61-76-32-75-26-25-73-14)33(3)29-57(9,71)52(82-56-49(66)43(62(12)13)27-34(4)77-56)36(6)50(37(7)55(70)79-44)81-46-30-58(10,74-15)53(38(8)78-46)80-45(64)22-24-60-23-18-19-39-20-21-42-40(28-39)48(65)41(54(68)69)31-63(42)17-2/h20-21,28,31,33-38,43-44,46,49-53,56,60,66-67,71-72H,16-19,22-27,29-30,32H2,1-15H3,(H,68,69)/t33-,34+,35-,36+,37+,38-,43-,44-,46+,49-,50+,51-,52-,53+,56-,57+,58-,59-/m0/s1. The summed E-state index contributed by atoms with van der Waals surface area (Å²) in [5.41, 5.74) is -4.06. The highest BCUT2D eigenvalue weighted by Gasteiger charge is 2.54. The van der Waals surface area contributed by atoms with Crippen molar-refractivity contribution in [1.29, 1.82) is 0 Å². The van der Waals surface area contributed by atoms with E-state index in [0.717, 1.165) is 5.56 Å². The number of nitrogens with one attached hydrogen (secondary N) is 1. The number of aryl methyl sites for hydroxylation is 2. The van der Waals surface area contributed by atoms with Gasteiger partial charge in [-0.1, -0.05) is 38.9 Å². The maximum atomic E-state index is 14.7. The van der Waals surface area contributed by atoms with Crippen LogP contribution in [0.5, 0.6) is 0 Å². The second-order valence-electron chi connectivity index (χ2n) is 23.6. The Morgan fingerprint density at radius 2 is 1.63 bits per heavy atom. The topological polar surface area (TPSA) is 294 Å². The number of rotatable bonds is 23. The molecule has 0 amide bonds. The average Bonchev–Trinajstić information content (AvgIpc) is 3.62. The van der Waals surface area contributed by atoms with Gasteiger partial charge in [-0.2, -0.15) is 0 Å². The quantitative estimate of drug-likeness (QED) is 0.0389. The summed E-state index contributed by atoms with van der Waals surface area (Å²) in [7, 11) is 6.72. The average molecular weight is 1170 g/mol. The van der Waals surface area contributed by atoms with Crippen molar-refractivity contribution in [2.75, 3.05) is 61.4 Å². The number of carboxylic acid groups (broad SMARTS) is 1. The number of benzene rings is 1. The minimum absolute atomic E-state index is 0.00448. The number of methoxy groups -OCH3 is 2. The number of carbonyl (C=O) groups excluding carboxylic acids is 2. The van der Waals surface area contributed by atoms with Gasteiger partial charge in [0.25, 0.3) is 0 Å². The van der Waals surface area contributed by atoms with Crippen LogP contribution in [0.1, 0.15) is 131 Å². The summed E-state index contributed by atoms with van der Waals surface area (Å²) in [4.78, 5) is 60.5. The van der Waals surface area contributed by atoms with Crippen LogP contribution in [0.4, 0.5) is 0 Å². The number of aromatic carboxylic acids is 1. The van der Waals surface area contributed by atoms with Gasteiger partial charge >= 0.3 is 17.9 Å². The molecule has 0 unspecified atom stereocenters. The van der Waals surface area contributed by atoms with Crippen LogP contribution in [-0.4, -0.2) is 204 Å². The SMILES string of the molecule is CC[C@@H]1OC(=O)[C@H](C)[C@H](O[C@@H]2C[C@](C)(OC)[C@H](OC(=O)CCNCCCc3ccc4c(c3)c(=O)c(C(=O)O)cn4CC)[C@H](C)O2)[C@@H](C)[C@H](O[C@@H]2O[C@H](C)C[C@H](N(C)C)[C@@H]2O)[C@](C)(O)C[C@H](C)C(=NOCOCCOC)[C@H](C)[C@H](O)[C@@]1(C)O. The van der Waals surface area contributed by atoms with Gasteiger partial charge in [0.2, 0.25) is 12.2 Å². The molecule has 23 heteroatoms. The first-order valence-corrected chi connectivity index (χ1v) is 29.0. The maximum absolute atomic E-state index is 14.7. The van der Waals surface area contributed by atoms with Crippen LogP contribution >= 0.6 is 0 Å². The largest absolute Gasteiger partial charge is 0.477 e. The molecule has 1 aromatic heterocycles. The Hall–Kier alpha value is -4.21. The first kappa shape index (κ1) is 68.6. The van der Waals surface area contributed by atoms with Crippen LogP contribution in [0.2, 0.25) is 0 Å². The van der Waals surface area contributed by atoms with E-state index in [9.17, 15) is 44.7 Å². The highest BCUT2D eigenvalue weighted by Crippen LogP contribution is 2.42. The number of hydrogen-bond donors (Lipinski definition) is 6. The fourth-order valence-electron chi connectivity index (χ4n) is 12.1. The number of aliphatic hydroxyl groups is 4. The molecule has 3 fully saturated rings. The number of likely N-dealkylation sites (N-methyl/N-ethyl adjacent to an activating group) is 1. The van der Waals surface area contributed by atoms with Gasteiger partial charge in [-0.25, -0.2) is 4.79 Å². The summed E-state index contributed by atoms with van der Waals surface area (Å²) >= 11 is 0. The molecule has 5 rings (SSSR count). The Kier molecular flexibility index (Phi) is 25.3. The zero-order valence-corrected chi connectivity index (χ0v) is 51.0. The summed E-state index contributed by atoms with van der Waals surface area (Å²) in [6.07, 6.45) is -7.69. The summed E-state index contributed by atoms with van der Waals surface area (Å²) < 4.78 is 57.3. The molecule has 0 spiro atoms.